The smallest absolute Gasteiger partial charge is 0.312 e. The number of carbonyl (C=O) groups excluding carboxylic acids is 1. The van der Waals surface area contributed by atoms with Gasteiger partial charge in [0.15, 0.2) is 0 Å². The molecule has 0 aromatic rings. The Kier molecular flexibility index (Phi) is 5.92. The Morgan fingerprint density at radius 1 is 1.48 bits per heavy atom. The van der Waals surface area contributed by atoms with E-state index in [-0.39, 0.29) is 18.8 Å². The summed E-state index contributed by atoms with van der Waals surface area (Å²) in [6.45, 7) is 5.16. The number of carbonyl (C=O) groups is 1. The van der Waals surface area contributed by atoms with Gasteiger partial charge in [-0.25, -0.2) is 13.6 Å². The maximum Gasteiger partial charge on any atom is 0.312 e. The molecule has 1 aliphatic carbocycles. The lowest BCUT2D eigenvalue weighted by molar-refractivity contribution is -0.0771. The molecule has 1 fully saturated rings. The fraction of sp³-hybridized carbons (Fsp3) is 0.929. The molecule has 0 aromatic heterocycles. The van der Waals surface area contributed by atoms with Crippen molar-refractivity contribution in [3.05, 3.63) is 0 Å². The Balaban J connectivity index is 2.47. The Morgan fingerprint density at radius 2 is 2.00 bits per heavy atom. The molecule has 0 spiro atoms. The van der Waals surface area contributed by atoms with Crippen LogP contribution in [0.15, 0.2) is 0 Å². The summed E-state index contributed by atoms with van der Waals surface area (Å²) in [5.74, 6) is -2.46. The van der Waals surface area contributed by atoms with Crippen molar-refractivity contribution in [1.29, 1.82) is 0 Å². The third-order valence-electron chi connectivity index (χ3n) is 3.96. The van der Waals surface area contributed by atoms with Gasteiger partial charge in [0.1, 0.15) is 0 Å². The van der Waals surface area contributed by atoms with E-state index in [0.717, 1.165) is 0 Å². The maximum atomic E-state index is 13.1. The third kappa shape index (κ3) is 6.13. The first-order chi connectivity index (χ1) is 9.51. The number of amides is 2. The summed E-state index contributed by atoms with van der Waals surface area (Å²) in [7, 11) is 0. The monoisotopic (exact) mass is 308 g/mol. The molecule has 124 valence electrons. The summed E-state index contributed by atoms with van der Waals surface area (Å²) in [5, 5.41) is 12.5. The van der Waals surface area contributed by atoms with Gasteiger partial charge in [0.05, 0.1) is 17.7 Å². The van der Waals surface area contributed by atoms with Gasteiger partial charge in [0, 0.05) is 19.4 Å². The summed E-state index contributed by atoms with van der Waals surface area (Å²) in [4.78, 5) is 11.0. The number of hydrogen-bond donors (Lipinski definition) is 3. The normalized spacial score (nSPS) is 22.6. The predicted molar refractivity (Wildman–Crippen MR) is 75.1 cm³/mol. The lowest BCUT2D eigenvalue weighted by Crippen LogP contribution is -2.57. The minimum Gasteiger partial charge on any atom is -0.388 e. The van der Waals surface area contributed by atoms with Crippen LogP contribution in [0.25, 0.3) is 0 Å². The largest absolute Gasteiger partial charge is 0.388 e. The van der Waals surface area contributed by atoms with Crippen molar-refractivity contribution in [2.75, 3.05) is 6.61 Å². The number of hydrogen-bond acceptors (Lipinski definition) is 3. The summed E-state index contributed by atoms with van der Waals surface area (Å²) in [6, 6.07) is -1.41. The molecule has 21 heavy (non-hydrogen) atoms. The van der Waals surface area contributed by atoms with Gasteiger partial charge in [0.25, 0.3) is 0 Å². The topological polar surface area (TPSA) is 84.6 Å². The summed E-state index contributed by atoms with van der Waals surface area (Å²) in [6.07, 6.45) is 0.167. The van der Waals surface area contributed by atoms with Gasteiger partial charge in [0.2, 0.25) is 5.92 Å². The van der Waals surface area contributed by atoms with Crippen molar-refractivity contribution in [3.8, 4) is 0 Å². The van der Waals surface area contributed by atoms with Gasteiger partial charge in [-0.3, -0.25) is 0 Å². The summed E-state index contributed by atoms with van der Waals surface area (Å²) >= 11 is 0. The van der Waals surface area contributed by atoms with Crippen LogP contribution in [0.1, 0.15) is 46.5 Å². The molecule has 1 saturated carbocycles. The van der Waals surface area contributed by atoms with E-state index < -0.39 is 29.7 Å². The number of urea groups is 1. The fourth-order valence-corrected chi connectivity index (χ4v) is 2.67. The summed E-state index contributed by atoms with van der Waals surface area (Å²) in [5.41, 5.74) is 3.90. The van der Waals surface area contributed by atoms with Crippen LogP contribution >= 0.6 is 0 Å². The number of alkyl halides is 2. The Labute approximate surface area is 124 Å². The SMILES string of the molecule is CC(OCC1CCC(F)(F)CC1)C(NC(N)=O)C(C)(C)O. The standard InChI is InChI=1S/C14H26F2N2O3/c1-9(11(13(2,3)20)18-12(17)19)21-8-10-4-6-14(15,16)7-5-10/h9-11,20H,4-8H2,1-3H3,(H3,17,18,19). The van der Waals surface area contributed by atoms with E-state index >= 15 is 0 Å². The van der Waals surface area contributed by atoms with Crippen molar-refractivity contribution in [2.24, 2.45) is 11.7 Å². The molecule has 5 nitrogen and oxygen atoms in total. The molecule has 0 aliphatic heterocycles. The second kappa shape index (κ2) is 6.87. The molecule has 0 saturated heterocycles. The first kappa shape index (κ1) is 18.1. The number of nitrogens with one attached hydrogen (secondary N) is 1. The van der Waals surface area contributed by atoms with Gasteiger partial charge >= 0.3 is 6.03 Å². The highest BCUT2D eigenvalue weighted by Gasteiger charge is 2.37. The fourth-order valence-electron chi connectivity index (χ4n) is 2.67. The number of primary amides is 1. The quantitative estimate of drug-likeness (QED) is 0.702. The zero-order valence-electron chi connectivity index (χ0n) is 12.9. The van der Waals surface area contributed by atoms with Crippen LogP contribution in [0.5, 0.6) is 0 Å². The van der Waals surface area contributed by atoms with Crippen LogP contribution in [-0.2, 0) is 4.74 Å². The van der Waals surface area contributed by atoms with Gasteiger partial charge < -0.3 is 20.9 Å². The number of halogens is 2. The van der Waals surface area contributed by atoms with E-state index in [4.69, 9.17) is 10.5 Å². The van der Waals surface area contributed by atoms with E-state index in [9.17, 15) is 18.7 Å². The number of rotatable bonds is 6. The average molecular weight is 308 g/mol. The molecule has 2 unspecified atom stereocenters. The molecule has 0 radical (unpaired) electrons. The van der Waals surface area contributed by atoms with E-state index in [1.54, 1.807) is 20.8 Å². The van der Waals surface area contributed by atoms with Crippen LogP contribution in [0.3, 0.4) is 0 Å². The van der Waals surface area contributed by atoms with Crippen LogP contribution in [0.2, 0.25) is 0 Å². The third-order valence-corrected chi connectivity index (χ3v) is 3.96. The van der Waals surface area contributed by atoms with Crippen molar-refractivity contribution in [1.82, 2.24) is 5.32 Å². The molecule has 4 N–H and O–H groups in total. The highest BCUT2D eigenvalue weighted by atomic mass is 19.3. The highest BCUT2D eigenvalue weighted by molar-refractivity contribution is 5.72. The van der Waals surface area contributed by atoms with Gasteiger partial charge in [-0.05, 0) is 39.5 Å². The van der Waals surface area contributed by atoms with Gasteiger partial charge in [-0.1, -0.05) is 0 Å². The second-order valence-corrected chi connectivity index (χ2v) is 6.48. The first-order valence-corrected chi connectivity index (χ1v) is 7.29. The molecule has 2 atom stereocenters. The van der Waals surface area contributed by atoms with E-state index in [1.807, 2.05) is 0 Å². The van der Waals surface area contributed by atoms with Crippen molar-refractivity contribution in [2.45, 2.75) is 70.1 Å². The van der Waals surface area contributed by atoms with Crippen LogP contribution in [0.4, 0.5) is 13.6 Å². The summed E-state index contributed by atoms with van der Waals surface area (Å²) < 4.78 is 31.8. The molecular formula is C14H26F2N2O3. The van der Waals surface area contributed by atoms with Gasteiger partial charge in [-0.15, -0.1) is 0 Å². The van der Waals surface area contributed by atoms with Crippen molar-refractivity contribution < 1.29 is 23.4 Å². The zero-order chi connectivity index (χ0) is 16.3. The number of aliphatic hydroxyl groups is 1. The van der Waals surface area contributed by atoms with E-state index in [2.05, 4.69) is 5.32 Å². The van der Waals surface area contributed by atoms with Crippen LogP contribution in [-0.4, -0.2) is 41.4 Å². The van der Waals surface area contributed by atoms with E-state index in [1.165, 1.54) is 0 Å². The predicted octanol–water partition coefficient (Wildman–Crippen LogP) is 2.02. The molecule has 0 aromatic carbocycles. The lowest BCUT2D eigenvalue weighted by Gasteiger charge is -2.35. The molecule has 1 aliphatic rings. The van der Waals surface area contributed by atoms with Gasteiger partial charge in [-0.2, -0.15) is 0 Å². The minimum atomic E-state index is -2.55. The lowest BCUT2D eigenvalue weighted by atomic mass is 9.87. The Morgan fingerprint density at radius 3 is 2.43 bits per heavy atom. The molecule has 0 bridgehead atoms. The Hall–Kier alpha value is -0.950. The molecular weight excluding hydrogens is 282 g/mol. The minimum absolute atomic E-state index is 0.0862. The molecule has 0 heterocycles. The molecule has 1 rings (SSSR count). The van der Waals surface area contributed by atoms with Crippen LogP contribution < -0.4 is 11.1 Å². The number of ether oxygens (including phenoxy) is 1. The van der Waals surface area contributed by atoms with Crippen LogP contribution in [0, 0.1) is 5.92 Å². The first-order valence-electron chi connectivity index (χ1n) is 7.29. The Bertz CT molecular complexity index is 349. The number of nitrogens with two attached hydrogens (primary N) is 1. The molecule has 7 heteroatoms. The second-order valence-electron chi connectivity index (χ2n) is 6.48. The van der Waals surface area contributed by atoms with Crippen molar-refractivity contribution >= 4 is 6.03 Å². The highest BCUT2D eigenvalue weighted by Crippen LogP contribution is 2.36. The molecule has 2 amide bonds. The maximum absolute atomic E-state index is 13.1. The van der Waals surface area contributed by atoms with Crippen molar-refractivity contribution in [3.63, 3.8) is 0 Å². The van der Waals surface area contributed by atoms with E-state index in [0.29, 0.717) is 19.4 Å². The average Bonchev–Trinajstić information content (AvgIpc) is 2.32. The zero-order valence-corrected chi connectivity index (χ0v) is 12.9.